The summed E-state index contributed by atoms with van der Waals surface area (Å²) >= 11 is 0. The molecule has 1 aromatic heterocycles. The van der Waals surface area contributed by atoms with E-state index in [1.54, 1.807) is 12.7 Å². The van der Waals surface area contributed by atoms with E-state index in [2.05, 4.69) is 21.0 Å². The maximum Gasteiger partial charge on any atom is 0.255 e. The predicted molar refractivity (Wildman–Crippen MR) is 89.2 cm³/mol. The Bertz CT molecular complexity index is 659. The molecule has 2 N–H and O–H groups in total. The molecule has 1 amide bonds. The zero-order valence-electron chi connectivity index (χ0n) is 13.7. The second kappa shape index (κ2) is 7.92. The molecule has 0 unspecified atom stereocenters. The van der Waals surface area contributed by atoms with Crippen molar-refractivity contribution in [2.24, 2.45) is 5.73 Å². The van der Waals surface area contributed by atoms with Crippen molar-refractivity contribution in [3.63, 3.8) is 0 Å². The monoisotopic (exact) mass is 329 g/mol. The first kappa shape index (κ1) is 16.4. The van der Waals surface area contributed by atoms with E-state index in [4.69, 9.17) is 10.5 Å². The Labute approximate surface area is 141 Å². The average Bonchev–Trinajstić information content (AvgIpc) is 3.08. The SMILES string of the molecule is NC(=O)COc1cccc(CN2CCCC[C@@H]2Cn2cncn2)c1. The summed E-state index contributed by atoms with van der Waals surface area (Å²) in [4.78, 5) is 17.4. The summed E-state index contributed by atoms with van der Waals surface area (Å²) in [7, 11) is 0. The summed E-state index contributed by atoms with van der Waals surface area (Å²) in [6.45, 7) is 2.69. The Morgan fingerprint density at radius 1 is 1.38 bits per heavy atom. The molecular formula is C17H23N5O2. The van der Waals surface area contributed by atoms with E-state index in [9.17, 15) is 4.79 Å². The van der Waals surface area contributed by atoms with Crippen LogP contribution in [0.25, 0.3) is 0 Å². The van der Waals surface area contributed by atoms with Gasteiger partial charge in [0, 0.05) is 12.6 Å². The fourth-order valence-corrected chi connectivity index (χ4v) is 3.14. The quantitative estimate of drug-likeness (QED) is 0.825. The van der Waals surface area contributed by atoms with E-state index in [1.165, 1.54) is 18.4 Å². The third kappa shape index (κ3) is 4.55. The van der Waals surface area contributed by atoms with Gasteiger partial charge in [0.1, 0.15) is 18.4 Å². The van der Waals surface area contributed by atoms with E-state index in [1.807, 2.05) is 22.9 Å². The summed E-state index contributed by atoms with van der Waals surface area (Å²) < 4.78 is 7.29. The van der Waals surface area contributed by atoms with Crippen LogP contribution in [-0.4, -0.2) is 44.8 Å². The van der Waals surface area contributed by atoms with Crippen LogP contribution in [0.2, 0.25) is 0 Å². The van der Waals surface area contributed by atoms with Crippen LogP contribution in [0.3, 0.4) is 0 Å². The highest BCUT2D eigenvalue weighted by molar-refractivity contribution is 5.75. The highest BCUT2D eigenvalue weighted by Gasteiger charge is 2.23. The Balaban J connectivity index is 1.64. The van der Waals surface area contributed by atoms with Crippen LogP contribution >= 0.6 is 0 Å². The van der Waals surface area contributed by atoms with E-state index in [-0.39, 0.29) is 6.61 Å². The average molecular weight is 329 g/mol. The van der Waals surface area contributed by atoms with Crippen molar-refractivity contribution in [3.8, 4) is 5.75 Å². The van der Waals surface area contributed by atoms with Gasteiger partial charge in [-0.2, -0.15) is 5.10 Å². The molecule has 2 heterocycles. The zero-order chi connectivity index (χ0) is 16.8. The van der Waals surface area contributed by atoms with Gasteiger partial charge in [-0.15, -0.1) is 0 Å². The molecule has 0 aliphatic carbocycles. The van der Waals surface area contributed by atoms with E-state index in [0.29, 0.717) is 11.8 Å². The van der Waals surface area contributed by atoms with Crippen LogP contribution in [0.5, 0.6) is 5.75 Å². The van der Waals surface area contributed by atoms with Gasteiger partial charge in [-0.05, 0) is 37.1 Å². The maximum absolute atomic E-state index is 10.8. The number of nitrogens with two attached hydrogens (primary N) is 1. The van der Waals surface area contributed by atoms with E-state index < -0.39 is 5.91 Å². The number of carbonyl (C=O) groups is 1. The Kier molecular flexibility index (Phi) is 5.43. The normalized spacial score (nSPS) is 18.4. The Morgan fingerprint density at radius 3 is 3.08 bits per heavy atom. The minimum Gasteiger partial charge on any atom is -0.484 e. The van der Waals surface area contributed by atoms with E-state index in [0.717, 1.165) is 26.1 Å². The Morgan fingerprint density at radius 2 is 2.29 bits per heavy atom. The first-order valence-corrected chi connectivity index (χ1v) is 8.27. The number of rotatable bonds is 7. The van der Waals surface area contributed by atoms with Crippen LogP contribution < -0.4 is 10.5 Å². The number of carbonyl (C=O) groups excluding carboxylic acids is 1. The second-order valence-electron chi connectivity index (χ2n) is 6.14. The van der Waals surface area contributed by atoms with Gasteiger partial charge in [0.15, 0.2) is 6.61 Å². The third-order valence-corrected chi connectivity index (χ3v) is 4.28. The van der Waals surface area contributed by atoms with Gasteiger partial charge in [0.05, 0.1) is 6.54 Å². The lowest BCUT2D eigenvalue weighted by Gasteiger charge is -2.35. The third-order valence-electron chi connectivity index (χ3n) is 4.28. The van der Waals surface area contributed by atoms with Gasteiger partial charge in [-0.25, -0.2) is 4.98 Å². The molecular weight excluding hydrogens is 306 g/mol. The zero-order valence-corrected chi connectivity index (χ0v) is 13.7. The maximum atomic E-state index is 10.8. The van der Waals surface area contributed by atoms with Crippen LogP contribution in [0, 0.1) is 0 Å². The van der Waals surface area contributed by atoms with Crippen molar-refractivity contribution in [1.82, 2.24) is 19.7 Å². The summed E-state index contributed by atoms with van der Waals surface area (Å²) in [5, 5.41) is 4.22. The number of primary amides is 1. The number of hydrogen-bond acceptors (Lipinski definition) is 5. The molecule has 0 bridgehead atoms. The van der Waals surface area contributed by atoms with Crippen LogP contribution in [0.4, 0.5) is 0 Å². The molecule has 1 aliphatic rings. The molecule has 3 rings (SSSR count). The number of aromatic nitrogens is 3. The standard InChI is InChI=1S/C17H23N5O2/c18-17(23)11-24-16-6-3-4-14(8-16)9-21-7-2-1-5-15(21)10-22-13-19-12-20-22/h3-4,6,8,12-13,15H,1-2,5,7,9-11H2,(H2,18,23)/t15-/m1/s1. The van der Waals surface area contributed by atoms with Gasteiger partial charge < -0.3 is 10.5 Å². The second-order valence-corrected chi connectivity index (χ2v) is 6.14. The summed E-state index contributed by atoms with van der Waals surface area (Å²) in [5.74, 6) is 0.209. The summed E-state index contributed by atoms with van der Waals surface area (Å²) in [5.41, 5.74) is 6.29. The van der Waals surface area contributed by atoms with Gasteiger partial charge in [-0.3, -0.25) is 14.4 Å². The molecule has 0 radical (unpaired) electrons. The highest BCUT2D eigenvalue weighted by Crippen LogP contribution is 2.22. The first-order chi connectivity index (χ1) is 11.7. The molecule has 1 saturated heterocycles. The number of likely N-dealkylation sites (tertiary alicyclic amines) is 1. The van der Waals surface area contributed by atoms with Gasteiger partial charge in [0.25, 0.3) is 5.91 Å². The summed E-state index contributed by atoms with van der Waals surface area (Å²) in [6.07, 6.45) is 6.97. The topological polar surface area (TPSA) is 86.3 Å². The number of benzene rings is 1. The van der Waals surface area contributed by atoms with Crippen LogP contribution in [-0.2, 0) is 17.9 Å². The molecule has 1 fully saturated rings. The highest BCUT2D eigenvalue weighted by atomic mass is 16.5. The van der Waals surface area contributed by atoms with Crippen molar-refractivity contribution in [2.45, 2.75) is 38.4 Å². The lowest BCUT2D eigenvalue weighted by Crippen LogP contribution is -2.41. The van der Waals surface area contributed by atoms with Crippen molar-refractivity contribution in [3.05, 3.63) is 42.5 Å². The van der Waals surface area contributed by atoms with Crippen molar-refractivity contribution in [2.75, 3.05) is 13.2 Å². The molecule has 24 heavy (non-hydrogen) atoms. The number of piperidine rings is 1. The van der Waals surface area contributed by atoms with E-state index >= 15 is 0 Å². The number of ether oxygens (including phenoxy) is 1. The minimum absolute atomic E-state index is 0.0951. The number of hydrogen-bond donors (Lipinski definition) is 1. The summed E-state index contributed by atoms with van der Waals surface area (Å²) in [6, 6.07) is 8.30. The lowest BCUT2D eigenvalue weighted by molar-refractivity contribution is -0.119. The number of nitrogens with zero attached hydrogens (tertiary/aromatic N) is 4. The van der Waals surface area contributed by atoms with Crippen molar-refractivity contribution < 1.29 is 9.53 Å². The molecule has 7 nitrogen and oxygen atoms in total. The molecule has 0 spiro atoms. The molecule has 2 aromatic rings. The predicted octanol–water partition coefficient (Wildman–Crippen LogP) is 1.20. The molecule has 0 saturated carbocycles. The smallest absolute Gasteiger partial charge is 0.255 e. The molecule has 128 valence electrons. The van der Waals surface area contributed by atoms with Crippen molar-refractivity contribution in [1.29, 1.82) is 0 Å². The van der Waals surface area contributed by atoms with Crippen molar-refractivity contribution >= 4 is 5.91 Å². The van der Waals surface area contributed by atoms with Gasteiger partial charge in [0.2, 0.25) is 0 Å². The fraction of sp³-hybridized carbons (Fsp3) is 0.471. The van der Waals surface area contributed by atoms with Gasteiger partial charge >= 0.3 is 0 Å². The molecule has 1 aliphatic heterocycles. The van der Waals surface area contributed by atoms with Crippen LogP contribution in [0.15, 0.2) is 36.9 Å². The first-order valence-electron chi connectivity index (χ1n) is 8.27. The van der Waals surface area contributed by atoms with Gasteiger partial charge in [-0.1, -0.05) is 18.6 Å². The largest absolute Gasteiger partial charge is 0.484 e. The Hall–Kier alpha value is -2.41. The molecule has 7 heteroatoms. The molecule has 1 aromatic carbocycles. The number of amides is 1. The molecule has 1 atom stereocenters. The fourth-order valence-electron chi connectivity index (χ4n) is 3.14. The van der Waals surface area contributed by atoms with Crippen LogP contribution in [0.1, 0.15) is 24.8 Å². The lowest BCUT2D eigenvalue weighted by atomic mass is 10.0. The minimum atomic E-state index is -0.468.